The second kappa shape index (κ2) is 5.96. The largest absolute Gasteiger partial charge is 0.486 e. The Bertz CT molecular complexity index is 658. The number of aryl methyl sites for hydroxylation is 1. The van der Waals surface area contributed by atoms with E-state index in [0.29, 0.717) is 0 Å². The Labute approximate surface area is 121 Å². The van der Waals surface area contributed by atoms with Gasteiger partial charge in [-0.1, -0.05) is 30.4 Å². The molecular formula is C15H13F2NOS. The van der Waals surface area contributed by atoms with Gasteiger partial charge in [0.1, 0.15) is 17.4 Å². The first-order valence-electron chi connectivity index (χ1n) is 5.95. The van der Waals surface area contributed by atoms with Gasteiger partial charge in [0.25, 0.3) is 0 Å². The van der Waals surface area contributed by atoms with Crippen LogP contribution >= 0.6 is 12.2 Å². The Hall–Kier alpha value is -2.01. The van der Waals surface area contributed by atoms with E-state index in [4.69, 9.17) is 22.7 Å². The molecule has 0 amide bonds. The van der Waals surface area contributed by atoms with Crippen molar-refractivity contribution in [1.82, 2.24) is 0 Å². The quantitative estimate of drug-likeness (QED) is 0.877. The maximum absolute atomic E-state index is 14.1. The van der Waals surface area contributed by atoms with Crippen molar-refractivity contribution in [2.24, 2.45) is 5.73 Å². The lowest BCUT2D eigenvalue weighted by atomic mass is 10.1. The molecule has 104 valence electrons. The molecule has 2 aromatic rings. The van der Waals surface area contributed by atoms with Gasteiger partial charge in [-0.15, -0.1) is 0 Å². The van der Waals surface area contributed by atoms with Crippen molar-refractivity contribution in [2.45, 2.75) is 13.5 Å². The van der Waals surface area contributed by atoms with E-state index in [0.717, 1.165) is 5.56 Å². The molecule has 2 aromatic carbocycles. The zero-order chi connectivity index (χ0) is 14.7. The van der Waals surface area contributed by atoms with Gasteiger partial charge in [0, 0.05) is 11.1 Å². The first-order chi connectivity index (χ1) is 9.49. The van der Waals surface area contributed by atoms with Gasteiger partial charge < -0.3 is 10.5 Å². The summed E-state index contributed by atoms with van der Waals surface area (Å²) in [6.45, 7) is 1.73. The third-order valence-electron chi connectivity index (χ3n) is 2.81. The molecule has 20 heavy (non-hydrogen) atoms. The van der Waals surface area contributed by atoms with Crippen LogP contribution in [0.3, 0.4) is 0 Å². The van der Waals surface area contributed by atoms with Crippen molar-refractivity contribution in [1.29, 1.82) is 0 Å². The summed E-state index contributed by atoms with van der Waals surface area (Å²) >= 11 is 4.76. The van der Waals surface area contributed by atoms with Gasteiger partial charge in [-0.25, -0.2) is 8.78 Å². The first kappa shape index (κ1) is 14.4. The van der Waals surface area contributed by atoms with Gasteiger partial charge in [-0.05, 0) is 30.7 Å². The number of ether oxygens (including phenoxy) is 1. The van der Waals surface area contributed by atoms with E-state index in [1.807, 2.05) is 6.92 Å². The SMILES string of the molecule is Cc1ccc(F)c(OCc2cccc(C(N)=S)c2F)c1. The Balaban J connectivity index is 2.21. The van der Waals surface area contributed by atoms with Gasteiger partial charge in [0.2, 0.25) is 0 Å². The van der Waals surface area contributed by atoms with E-state index in [2.05, 4.69) is 0 Å². The number of hydrogen-bond donors (Lipinski definition) is 1. The summed E-state index contributed by atoms with van der Waals surface area (Å²) < 4.78 is 32.9. The van der Waals surface area contributed by atoms with Gasteiger partial charge >= 0.3 is 0 Å². The third kappa shape index (κ3) is 3.11. The first-order valence-corrected chi connectivity index (χ1v) is 6.36. The third-order valence-corrected chi connectivity index (χ3v) is 3.03. The maximum atomic E-state index is 14.1. The minimum absolute atomic E-state index is 0.0221. The molecule has 0 saturated heterocycles. The van der Waals surface area contributed by atoms with Crippen molar-refractivity contribution in [3.8, 4) is 5.75 Å². The molecule has 5 heteroatoms. The van der Waals surface area contributed by atoms with E-state index < -0.39 is 11.6 Å². The van der Waals surface area contributed by atoms with Crippen molar-refractivity contribution >= 4 is 17.2 Å². The van der Waals surface area contributed by atoms with Gasteiger partial charge in [0.05, 0.1) is 0 Å². The van der Waals surface area contributed by atoms with Crippen LogP contribution in [-0.4, -0.2) is 4.99 Å². The number of nitrogens with two attached hydrogens (primary N) is 1. The highest BCUT2D eigenvalue weighted by atomic mass is 32.1. The van der Waals surface area contributed by atoms with Crippen LogP contribution in [0, 0.1) is 18.6 Å². The summed E-state index contributed by atoms with van der Waals surface area (Å²) in [6.07, 6.45) is 0. The minimum atomic E-state index is -0.534. The number of thiocarbonyl (C=S) groups is 1. The van der Waals surface area contributed by atoms with Crippen LogP contribution in [0.4, 0.5) is 8.78 Å². The topological polar surface area (TPSA) is 35.2 Å². The fraction of sp³-hybridized carbons (Fsp3) is 0.133. The summed E-state index contributed by atoms with van der Waals surface area (Å²) in [5, 5.41) is 0. The smallest absolute Gasteiger partial charge is 0.165 e. The van der Waals surface area contributed by atoms with Crippen LogP contribution in [-0.2, 0) is 6.61 Å². The molecule has 0 aliphatic carbocycles. The number of hydrogen-bond acceptors (Lipinski definition) is 2. The highest BCUT2D eigenvalue weighted by Gasteiger charge is 2.11. The summed E-state index contributed by atoms with van der Waals surface area (Å²) in [4.78, 5) is -0.0221. The van der Waals surface area contributed by atoms with Crippen LogP contribution in [0.2, 0.25) is 0 Å². The molecule has 0 heterocycles. The molecule has 2 rings (SSSR count). The lowest BCUT2D eigenvalue weighted by Gasteiger charge is -2.10. The number of rotatable bonds is 4. The Morgan fingerprint density at radius 1 is 1.25 bits per heavy atom. The zero-order valence-corrected chi connectivity index (χ0v) is 11.6. The Kier molecular flexibility index (Phi) is 4.29. The molecule has 0 saturated carbocycles. The van der Waals surface area contributed by atoms with Crippen molar-refractivity contribution < 1.29 is 13.5 Å². The van der Waals surface area contributed by atoms with E-state index in [9.17, 15) is 8.78 Å². The predicted molar refractivity (Wildman–Crippen MR) is 77.8 cm³/mol. The van der Waals surface area contributed by atoms with E-state index in [1.54, 1.807) is 24.3 Å². The fourth-order valence-corrected chi connectivity index (χ4v) is 1.92. The number of benzene rings is 2. The standard InChI is InChI=1S/C15H13F2NOS/c1-9-5-6-12(16)13(7-9)19-8-10-3-2-4-11(14(10)17)15(18)20/h2-7H,8H2,1H3,(H2,18,20). The predicted octanol–water partition coefficient (Wildman–Crippen LogP) is 3.49. The van der Waals surface area contributed by atoms with Crippen LogP contribution in [0.1, 0.15) is 16.7 Å². The molecule has 0 fully saturated rings. The lowest BCUT2D eigenvalue weighted by Crippen LogP contribution is -2.13. The van der Waals surface area contributed by atoms with Crippen molar-refractivity contribution in [2.75, 3.05) is 0 Å². The van der Waals surface area contributed by atoms with Gasteiger partial charge in [-0.2, -0.15) is 0 Å². The van der Waals surface area contributed by atoms with E-state index in [1.165, 1.54) is 12.1 Å². The van der Waals surface area contributed by atoms with E-state index >= 15 is 0 Å². The second-order valence-corrected chi connectivity index (χ2v) is 4.81. The average molecular weight is 293 g/mol. The van der Waals surface area contributed by atoms with Crippen LogP contribution in [0.5, 0.6) is 5.75 Å². The Morgan fingerprint density at radius 3 is 2.70 bits per heavy atom. The molecule has 0 unspecified atom stereocenters. The normalized spacial score (nSPS) is 10.3. The van der Waals surface area contributed by atoms with Crippen LogP contribution in [0.25, 0.3) is 0 Å². The lowest BCUT2D eigenvalue weighted by molar-refractivity contribution is 0.284. The monoisotopic (exact) mass is 293 g/mol. The molecule has 0 radical (unpaired) electrons. The molecule has 0 aliphatic heterocycles. The summed E-state index contributed by atoms with van der Waals surface area (Å²) in [5.74, 6) is -0.931. The van der Waals surface area contributed by atoms with Crippen molar-refractivity contribution in [3.63, 3.8) is 0 Å². The van der Waals surface area contributed by atoms with Gasteiger partial charge in [-0.3, -0.25) is 0 Å². The molecule has 0 spiro atoms. The number of halogens is 2. The highest BCUT2D eigenvalue weighted by Crippen LogP contribution is 2.21. The molecule has 0 aromatic heterocycles. The van der Waals surface area contributed by atoms with Crippen LogP contribution in [0.15, 0.2) is 36.4 Å². The van der Waals surface area contributed by atoms with Crippen molar-refractivity contribution in [3.05, 3.63) is 64.7 Å². The molecule has 2 nitrogen and oxygen atoms in total. The van der Waals surface area contributed by atoms with Crippen LogP contribution < -0.4 is 10.5 Å². The summed E-state index contributed by atoms with van der Waals surface area (Å²) in [5.41, 5.74) is 6.72. The molecule has 0 atom stereocenters. The average Bonchev–Trinajstić information content (AvgIpc) is 2.41. The second-order valence-electron chi connectivity index (χ2n) is 4.37. The van der Waals surface area contributed by atoms with Gasteiger partial charge in [0.15, 0.2) is 11.6 Å². The maximum Gasteiger partial charge on any atom is 0.165 e. The fourth-order valence-electron chi connectivity index (χ4n) is 1.76. The molecule has 2 N–H and O–H groups in total. The summed E-state index contributed by atoms with van der Waals surface area (Å²) in [6, 6.07) is 9.18. The molecule has 0 bridgehead atoms. The van der Waals surface area contributed by atoms with E-state index in [-0.39, 0.29) is 28.5 Å². The zero-order valence-electron chi connectivity index (χ0n) is 10.8. The highest BCUT2D eigenvalue weighted by molar-refractivity contribution is 7.80. The summed E-state index contributed by atoms with van der Waals surface area (Å²) in [7, 11) is 0. The molecule has 0 aliphatic rings. The Morgan fingerprint density at radius 2 is 2.00 bits per heavy atom. The minimum Gasteiger partial charge on any atom is -0.486 e. The molecular weight excluding hydrogens is 280 g/mol.